The highest BCUT2D eigenvalue weighted by atomic mass is 32.2. The maximum Gasteiger partial charge on any atom is 0.573 e. The number of aliphatic imine (C=N–C) groups is 1. The van der Waals surface area contributed by atoms with Crippen molar-refractivity contribution in [3.8, 4) is 22.8 Å². The van der Waals surface area contributed by atoms with E-state index in [0.29, 0.717) is 28.3 Å². The van der Waals surface area contributed by atoms with Gasteiger partial charge < -0.3 is 10.1 Å². The molecule has 4 aromatic rings. The average molecular weight is 641 g/mol. The molecule has 0 aliphatic carbocycles. The number of amides is 3. The number of nitrogens with zero attached hydrogens (tertiary/aromatic N) is 5. The van der Waals surface area contributed by atoms with Gasteiger partial charge in [-0.05, 0) is 59.9 Å². The number of nitrogens with one attached hydrogen (secondary N) is 1. The third kappa shape index (κ3) is 7.87. The van der Waals surface area contributed by atoms with Crippen molar-refractivity contribution in [3.05, 3.63) is 89.7 Å². The Morgan fingerprint density at radius 1 is 1.09 bits per heavy atom. The van der Waals surface area contributed by atoms with E-state index in [-0.39, 0.29) is 34.9 Å². The van der Waals surface area contributed by atoms with Crippen molar-refractivity contribution in [1.29, 1.82) is 0 Å². The summed E-state index contributed by atoms with van der Waals surface area (Å²) in [5.74, 6) is 0.0436. The summed E-state index contributed by atoms with van der Waals surface area (Å²) in [5, 5.41) is 6.78. The molecule has 1 aliphatic rings. The van der Waals surface area contributed by atoms with Gasteiger partial charge in [-0.3, -0.25) is 9.69 Å². The van der Waals surface area contributed by atoms with Gasteiger partial charge in [-0.25, -0.2) is 18.9 Å². The Hall–Kier alpha value is -4.72. The molecule has 0 spiro atoms. The predicted molar refractivity (Wildman–Crippen MR) is 163 cm³/mol. The lowest BCUT2D eigenvalue weighted by molar-refractivity contribution is -0.274. The van der Waals surface area contributed by atoms with Gasteiger partial charge in [0.15, 0.2) is 17.3 Å². The van der Waals surface area contributed by atoms with Crippen molar-refractivity contribution < 1.29 is 31.9 Å². The van der Waals surface area contributed by atoms with Crippen molar-refractivity contribution in [3.63, 3.8) is 0 Å². The third-order valence-corrected chi connectivity index (χ3v) is 7.67. The quantitative estimate of drug-likeness (QED) is 0.165. The molecule has 3 amide bonds. The van der Waals surface area contributed by atoms with Crippen LogP contribution in [0.25, 0.3) is 17.1 Å². The van der Waals surface area contributed by atoms with Gasteiger partial charge in [0.2, 0.25) is 5.91 Å². The Morgan fingerprint density at radius 3 is 2.47 bits per heavy atom. The number of carbonyl (C=O) groups is 2. The van der Waals surface area contributed by atoms with E-state index in [0.717, 1.165) is 22.9 Å². The van der Waals surface area contributed by atoms with Gasteiger partial charge in [0.25, 0.3) is 0 Å². The molecule has 5 rings (SSSR count). The molecule has 3 aromatic carbocycles. The molecule has 45 heavy (non-hydrogen) atoms. The summed E-state index contributed by atoms with van der Waals surface area (Å²) in [6.07, 6.45) is -5.24. The van der Waals surface area contributed by atoms with Crippen LogP contribution >= 0.6 is 11.8 Å². The Labute approximate surface area is 260 Å². The zero-order valence-electron chi connectivity index (χ0n) is 24.4. The van der Waals surface area contributed by atoms with Crippen LogP contribution in [0.5, 0.6) is 5.75 Å². The first-order chi connectivity index (χ1) is 21.4. The van der Waals surface area contributed by atoms with Crippen LogP contribution in [0, 0.1) is 6.92 Å². The minimum absolute atomic E-state index is 0.124. The summed E-state index contributed by atoms with van der Waals surface area (Å²) in [4.78, 5) is 35.1. The topological polar surface area (TPSA) is 102 Å². The minimum Gasteiger partial charge on any atom is -0.406 e. The lowest BCUT2D eigenvalue weighted by atomic mass is 9.99. The number of alkyl halides is 4. The summed E-state index contributed by atoms with van der Waals surface area (Å²) in [6.45, 7) is 5.94. The second-order valence-electron chi connectivity index (χ2n) is 10.5. The monoisotopic (exact) mass is 640 g/mol. The summed E-state index contributed by atoms with van der Waals surface area (Å²) >= 11 is 1.12. The number of aryl methyl sites for hydroxylation is 1. The lowest BCUT2D eigenvalue weighted by Crippen LogP contribution is -2.35. The van der Waals surface area contributed by atoms with Crippen LogP contribution in [0.4, 0.5) is 28.0 Å². The van der Waals surface area contributed by atoms with Crippen LogP contribution < -0.4 is 15.0 Å². The molecular weight excluding hydrogens is 612 g/mol. The first kappa shape index (κ1) is 31.7. The van der Waals surface area contributed by atoms with Crippen LogP contribution in [-0.4, -0.2) is 50.3 Å². The average Bonchev–Trinajstić information content (AvgIpc) is 3.60. The predicted octanol–water partition coefficient (Wildman–Crippen LogP) is 6.95. The molecule has 0 radical (unpaired) electrons. The molecule has 9 nitrogen and oxygen atoms in total. The highest BCUT2D eigenvalue weighted by molar-refractivity contribution is 8.15. The summed E-state index contributed by atoms with van der Waals surface area (Å²) < 4.78 is 57.3. The molecular formula is C31H28F4N6O3S. The van der Waals surface area contributed by atoms with Crippen LogP contribution in [0.1, 0.15) is 36.5 Å². The molecule has 1 N–H and O–H groups in total. The number of urea groups is 1. The molecule has 1 unspecified atom stereocenters. The third-order valence-electron chi connectivity index (χ3n) is 6.75. The van der Waals surface area contributed by atoms with E-state index < -0.39 is 18.7 Å². The molecule has 2 heterocycles. The van der Waals surface area contributed by atoms with Gasteiger partial charge in [0.05, 0.1) is 17.1 Å². The van der Waals surface area contributed by atoms with E-state index in [1.54, 1.807) is 24.3 Å². The van der Waals surface area contributed by atoms with Crippen LogP contribution in [0.3, 0.4) is 0 Å². The van der Waals surface area contributed by atoms with Gasteiger partial charge in [0, 0.05) is 12.0 Å². The minimum atomic E-state index is -4.78. The lowest BCUT2D eigenvalue weighted by Gasteiger charge is -2.22. The molecule has 0 bridgehead atoms. The van der Waals surface area contributed by atoms with Gasteiger partial charge in [0.1, 0.15) is 12.1 Å². The first-order valence-electron chi connectivity index (χ1n) is 13.8. The Balaban J connectivity index is 1.20. The molecule has 1 fully saturated rings. The molecule has 1 saturated heterocycles. The fraction of sp³-hybridized carbons (Fsp3) is 0.258. The molecule has 1 aliphatic heterocycles. The number of amidine groups is 1. The molecule has 0 saturated carbocycles. The van der Waals surface area contributed by atoms with Gasteiger partial charge >= 0.3 is 12.4 Å². The van der Waals surface area contributed by atoms with Crippen LogP contribution in [-0.2, 0) is 11.2 Å². The number of thioether (sulfide) groups is 1. The molecule has 234 valence electrons. The molecule has 1 aromatic heterocycles. The number of halogens is 4. The fourth-order valence-electron chi connectivity index (χ4n) is 4.64. The summed E-state index contributed by atoms with van der Waals surface area (Å²) in [5.41, 5.74) is 4.24. The zero-order chi connectivity index (χ0) is 32.3. The maximum absolute atomic E-state index is 14.9. The largest absolute Gasteiger partial charge is 0.573 e. The van der Waals surface area contributed by atoms with Crippen molar-refractivity contribution in [2.24, 2.45) is 4.99 Å². The fourth-order valence-corrected chi connectivity index (χ4v) is 5.50. The Kier molecular flexibility index (Phi) is 9.23. The van der Waals surface area contributed by atoms with Crippen molar-refractivity contribution in [2.75, 3.05) is 10.7 Å². The Morgan fingerprint density at radius 2 is 1.80 bits per heavy atom. The second-order valence-corrected chi connectivity index (χ2v) is 11.4. The van der Waals surface area contributed by atoms with E-state index in [2.05, 4.69) is 25.1 Å². The number of hydrogen-bond donors (Lipinski definition) is 1. The Bertz CT molecular complexity index is 1720. The van der Waals surface area contributed by atoms with Crippen LogP contribution in [0.15, 0.2) is 78.0 Å². The smallest absolute Gasteiger partial charge is 0.406 e. The summed E-state index contributed by atoms with van der Waals surface area (Å²) in [7, 11) is 0. The standard InChI is InChI=1S/C31H28F4N6O3S/c1-18(2)24-13-4-19(3)14-25(24)41-27(42)16-45-30(41)38-29(43)37-26(32)15-20-5-7-21(8-6-20)28-36-17-40(39-28)22-9-11-23(12-10-22)44-31(33,34)35/h4-14,17-18,26H,15-16H2,1-3H3,(H,37,43). The summed E-state index contributed by atoms with van der Waals surface area (Å²) in [6, 6.07) is 16.8. The molecule has 14 heteroatoms. The zero-order valence-corrected chi connectivity index (χ0v) is 25.2. The maximum atomic E-state index is 14.9. The number of benzene rings is 3. The van der Waals surface area contributed by atoms with Gasteiger partial charge in [-0.2, -0.15) is 4.99 Å². The number of hydrogen-bond acceptors (Lipinski definition) is 6. The van der Waals surface area contributed by atoms with Crippen LogP contribution in [0.2, 0.25) is 0 Å². The number of anilines is 1. The highest BCUT2D eigenvalue weighted by Crippen LogP contribution is 2.34. The van der Waals surface area contributed by atoms with E-state index >= 15 is 0 Å². The van der Waals surface area contributed by atoms with Gasteiger partial charge in [-0.15, -0.1) is 18.3 Å². The van der Waals surface area contributed by atoms with E-state index in [1.807, 2.05) is 39.0 Å². The number of ether oxygens (including phenoxy) is 1. The van der Waals surface area contributed by atoms with E-state index in [1.165, 1.54) is 40.2 Å². The highest BCUT2D eigenvalue weighted by Gasteiger charge is 2.33. The van der Waals surface area contributed by atoms with E-state index in [9.17, 15) is 27.2 Å². The number of aromatic nitrogens is 3. The van der Waals surface area contributed by atoms with Crippen molar-refractivity contribution in [1.82, 2.24) is 20.1 Å². The van der Waals surface area contributed by atoms with Crippen molar-refractivity contribution in [2.45, 2.75) is 45.8 Å². The number of rotatable bonds is 8. The van der Waals surface area contributed by atoms with E-state index in [4.69, 9.17) is 0 Å². The second kappa shape index (κ2) is 13.1. The molecule has 1 atom stereocenters. The first-order valence-corrected chi connectivity index (χ1v) is 14.8. The SMILES string of the molecule is Cc1ccc(C(C)C)c(N2C(=O)CSC2=NC(=O)NC(F)Cc2ccc(-c3ncn(-c4ccc(OC(F)(F)F)cc4)n3)cc2)c1. The normalized spacial score (nSPS) is 15.2. The van der Waals surface area contributed by atoms with Crippen molar-refractivity contribution >= 4 is 34.6 Å². The van der Waals surface area contributed by atoms with Gasteiger partial charge in [-0.1, -0.05) is 62.0 Å². The number of carbonyl (C=O) groups excluding carboxylic acids is 2.